The van der Waals surface area contributed by atoms with Crippen LogP contribution in [-0.4, -0.2) is 5.11 Å². The molecular formula is C12H7Cl5O. The van der Waals surface area contributed by atoms with E-state index >= 15 is 0 Å². The molecule has 18 heavy (non-hydrogen) atoms. The number of halogens is 5. The second-order valence-corrected chi connectivity index (χ2v) is 5.25. The Hall–Kier alpha value is -0.310. The summed E-state index contributed by atoms with van der Waals surface area (Å²) in [6, 6.07) is 9.77. The predicted molar refractivity (Wildman–Crippen MR) is 79.6 cm³/mol. The number of phenols is 1. The molecule has 0 aliphatic rings. The minimum Gasteiger partial charge on any atom is -0.506 e. The van der Waals surface area contributed by atoms with E-state index in [9.17, 15) is 0 Å². The van der Waals surface area contributed by atoms with E-state index in [0.717, 1.165) is 0 Å². The second kappa shape index (κ2) is 7.32. The Morgan fingerprint density at radius 3 is 1.56 bits per heavy atom. The van der Waals surface area contributed by atoms with Gasteiger partial charge in [-0.2, -0.15) is 0 Å². The van der Waals surface area contributed by atoms with E-state index in [0.29, 0.717) is 20.1 Å². The Morgan fingerprint density at radius 1 is 0.667 bits per heavy atom. The highest BCUT2D eigenvalue weighted by Gasteiger charge is 2.02. The fourth-order valence-electron chi connectivity index (χ4n) is 0.972. The summed E-state index contributed by atoms with van der Waals surface area (Å²) in [7, 11) is 0. The first-order valence-electron chi connectivity index (χ1n) is 4.64. The average molecular weight is 344 g/mol. The van der Waals surface area contributed by atoms with Crippen molar-refractivity contribution in [3.05, 3.63) is 61.5 Å². The molecular weight excluding hydrogens is 337 g/mol. The fourth-order valence-corrected chi connectivity index (χ4v) is 1.95. The van der Waals surface area contributed by atoms with Gasteiger partial charge in [0.25, 0.3) is 0 Å². The third kappa shape index (κ3) is 5.13. The van der Waals surface area contributed by atoms with Gasteiger partial charge in [-0.05, 0) is 24.3 Å². The smallest absolute Gasteiger partial charge is 0.135 e. The van der Waals surface area contributed by atoms with E-state index in [1.165, 1.54) is 12.1 Å². The summed E-state index contributed by atoms with van der Waals surface area (Å²) in [5.41, 5.74) is 0. The van der Waals surface area contributed by atoms with Gasteiger partial charge < -0.3 is 5.11 Å². The molecule has 0 aliphatic heterocycles. The van der Waals surface area contributed by atoms with Crippen molar-refractivity contribution in [3.8, 4) is 5.75 Å². The van der Waals surface area contributed by atoms with Crippen molar-refractivity contribution in [2.24, 2.45) is 0 Å². The molecule has 0 atom stereocenters. The number of benzene rings is 2. The highest BCUT2D eigenvalue weighted by Crippen LogP contribution is 2.32. The average Bonchev–Trinajstić information content (AvgIpc) is 2.27. The summed E-state index contributed by atoms with van der Waals surface area (Å²) < 4.78 is 0. The summed E-state index contributed by atoms with van der Waals surface area (Å²) in [5.74, 6) is -0.0592. The molecule has 0 radical (unpaired) electrons. The van der Waals surface area contributed by atoms with Crippen LogP contribution in [0, 0.1) is 0 Å². The monoisotopic (exact) mass is 342 g/mol. The van der Waals surface area contributed by atoms with Crippen molar-refractivity contribution in [2.75, 3.05) is 0 Å². The zero-order valence-corrected chi connectivity index (χ0v) is 12.6. The minimum atomic E-state index is -0.0592. The molecule has 0 saturated carbocycles. The number of hydrogen-bond acceptors (Lipinski definition) is 1. The van der Waals surface area contributed by atoms with Gasteiger partial charge in [0.05, 0.1) is 15.1 Å². The third-order valence-electron chi connectivity index (χ3n) is 1.78. The molecule has 96 valence electrons. The molecule has 0 bridgehead atoms. The van der Waals surface area contributed by atoms with E-state index in [-0.39, 0.29) is 10.8 Å². The SMILES string of the molecule is Clc1cccc(Cl)c1.Oc1cc(Cl)c(Cl)cc1Cl. The van der Waals surface area contributed by atoms with Crippen LogP contribution in [0.1, 0.15) is 0 Å². The maximum atomic E-state index is 8.95. The molecule has 0 saturated heterocycles. The van der Waals surface area contributed by atoms with Crippen molar-refractivity contribution >= 4 is 58.0 Å². The van der Waals surface area contributed by atoms with Gasteiger partial charge in [-0.15, -0.1) is 0 Å². The second-order valence-electron chi connectivity index (χ2n) is 3.16. The molecule has 0 aliphatic carbocycles. The highest BCUT2D eigenvalue weighted by atomic mass is 35.5. The van der Waals surface area contributed by atoms with E-state index < -0.39 is 0 Å². The quantitative estimate of drug-likeness (QED) is 0.552. The Kier molecular flexibility index (Phi) is 6.40. The number of phenolic OH excluding ortho intramolecular Hbond substituents is 1. The molecule has 0 amide bonds. The zero-order chi connectivity index (χ0) is 13.7. The van der Waals surface area contributed by atoms with Gasteiger partial charge in [0.2, 0.25) is 0 Å². The number of rotatable bonds is 0. The van der Waals surface area contributed by atoms with Crippen molar-refractivity contribution in [3.63, 3.8) is 0 Å². The molecule has 1 nitrogen and oxygen atoms in total. The maximum Gasteiger partial charge on any atom is 0.135 e. The lowest BCUT2D eigenvalue weighted by Gasteiger charge is -1.97. The molecule has 0 unspecified atom stereocenters. The maximum absolute atomic E-state index is 8.95. The largest absolute Gasteiger partial charge is 0.506 e. The standard InChI is InChI=1S/C6H3Cl3O.C6H4Cl2/c7-3-1-5(9)6(10)2-4(3)8;7-5-2-1-3-6(8)4-5/h1-2,10H;1-4H. The molecule has 0 heterocycles. The van der Waals surface area contributed by atoms with Gasteiger partial charge in [-0.25, -0.2) is 0 Å². The Bertz CT molecular complexity index is 474. The van der Waals surface area contributed by atoms with Crippen LogP contribution in [0.15, 0.2) is 36.4 Å². The van der Waals surface area contributed by atoms with E-state index in [4.69, 9.17) is 63.1 Å². The van der Waals surface area contributed by atoms with Gasteiger partial charge in [0.15, 0.2) is 0 Å². The van der Waals surface area contributed by atoms with Crippen LogP contribution in [0.25, 0.3) is 0 Å². The lowest BCUT2D eigenvalue weighted by Crippen LogP contribution is -1.70. The normalized spacial score (nSPS) is 9.61. The fraction of sp³-hybridized carbons (Fsp3) is 0. The first-order chi connectivity index (χ1) is 8.40. The van der Waals surface area contributed by atoms with Crippen LogP contribution >= 0.6 is 58.0 Å². The van der Waals surface area contributed by atoms with Crippen LogP contribution in [0.2, 0.25) is 25.1 Å². The Morgan fingerprint density at radius 2 is 1.17 bits per heavy atom. The first-order valence-corrected chi connectivity index (χ1v) is 6.53. The van der Waals surface area contributed by atoms with Crippen molar-refractivity contribution in [2.45, 2.75) is 0 Å². The Labute approximate surface area is 130 Å². The minimum absolute atomic E-state index is 0.0592. The summed E-state index contributed by atoms with van der Waals surface area (Å²) in [6.07, 6.45) is 0. The number of hydrogen-bond donors (Lipinski definition) is 1. The van der Waals surface area contributed by atoms with E-state index in [1.54, 1.807) is 18.2 Å². The molecule has 0 spiro atoms. The summed E-state index contributed by atoms with van der Waals surface area (Å²) in [5, 5.41) is 11.1. The van der Waals surface area contributed by atoms with Crippen molar-refractivity contribution < 1.29 is 5.11 Å². The molecule has 6 heteroatoms. The lowest BCUT2D eigenvalue weighted by atomic mass is 10.3. The van der Waals surface area contributed by atoms with E-state index in [1.807, 2.05) is 6.07 Å². The van der Waals surface area contributed by atoms with Crippen LogP contribution in [-0.2, 0) is 0 Å². The van der Waals surface area contributed by atoms with Crippen LogP contribution in [0.5, 0.6) is 5.75 Å². The van der Waals surface area contributed by atoms with Crippen LogP contribution in [0.3, 0.4) is 0 Å². The van der Waals surface area contributed by atoms with Crippen molar-refractivity contribution in [1.82, 2.24) is 0 Å². The van der Waals surface area contributed by atoms with Gasteiger partial charge in [0.1, 0.15) is 5.75 Å². The van der Waals surface area contributed by atoms with Crippen LogP contribution in [0.4, 0.5) is 0 Å². The summed E-state index contributed by atoms with van der Waals surface area (Å²) in [4.78, 5) is 0. The molecule has 2 aromatic carbocycles. The first kappa shape index (κ1) is 15.7. The zero-order valence-electron chi connectivity index (χ0n) is 8.80. The molecule has 1 N–H and O–H groups in total. The van der Waals surface area contributed by atoms with Crippen molar-refractivity contribution in [1.29, 1.82) is 0 Å². The van der Waals surface area contributed by atoms with Gasteiger partial charge in [-0.3, -0.25) is 0 Å². The third-order valence-corrected chi connectivity index (χ3v) is 3.27. The molecule has 0 fully saturated rings. The Balaban J connectivity index is 0.000000184. The highest BCUT2D eigenvalue weighted by molar-refractivity contribution is 6.43. The molecule has 0 aromatic heterocycles. The topological polar surface area (TPSA) is 20.2 Å². The predicted octanol–water partition coefficient (Wildman–Crippen LogP) is 6.35. The summed E-state index contributed by atoms with van der Waals surface area (Å²) >= 11 is 27.7. The lowest BCUT2D eigenvalue weighted by molar-refractivity contribution is 0.475. The van der Waals surface area contributed by atoms with Gasteiger partial charge in [0, 0.05) is 16.1 Å². The molecule has 2 aromatic rings. The number of aromatic hydroxyl groups is 1. The van der Waals surface area contributed by atoms with Gasteiger partial charge in [-0.1, -0.05) is 64.1 Å². The van der Waals surface area contributed by atoms with Gasteiger partial charge >= 0.3 is 0 Å². The van der Waals surface area contributed by atoms with Crippen LogP contribution < -0.4 is 0 Å². The molecule has 2 rings (SSSR count). The van der Waals surface area contributed by atoms with E-state index in [2.05, 4.69) is 0 Å². The summed E-state index contributed by atoms with van der Waals surface area (Å²) in [6.45, 7) is 0.